The molecule has 2 aromatic carbocycles. The third-order valence-corrected chi connectivity index (χ3v) is 3.91. The lowest BCUT2D eigenvalue weighted by atomic mass is 10.1. The molecule has 1 aliphatic heterocycles. The fourth-order valence-electron chi connectivity index (χ4n) is 2.70. The average molecular weight is 326 g/mol. The van der Waals surface area contributed by atoms with Crippen molar-refractivity contribution in [3.05, 3.63) is 53.6 Å². The molecule has 1 aliphatic rings. The van der Waals surface area contributed by atoms with Crippen LogP contribution in [0.25, 0.3) is 0 Å². The van der Waals surface area contributed by atoms with Gasteiger partial charge in [-0.05, 0) is 24.3 Å². The van der Waals surface area contributed by atoms with Crippen molar-refractivity contribution in [1.29, 1.82) is 0 Å². The third kappa shape index (κ3) is 3.03. The number of anilines is 1. The second-order valence-electron chi connectivity index (χ2n) is 5.43. The number of carbonyl (C=O) groups excluding carboxylic acids is 2. The van der Waals surface area contributed by atoms with Crippen LogP contribution in [0.1, 0.15) is 15.9 Å². The second-order valence-corrected chi connectivity index (χ2v) is 5.43. The van der Waals surface area contributed by atoms with Gasteiger partial charge in [0.2, 0.25) is 5.91 Å². The Morgan fingerprint density at radius 1 is 1.08 bits per heavy atom. The molecule has 0 aromatic heterocycles. The summed E-state index contributed by atoms with van der Waals surface area (Å²) in [6, 6.07) is 12.4. The van der Waals surface area contributed by atoms with Gasteiger partial charge in [-0.1, -0.05) is 12.1 Å². The largest absolute Gasteiger partial charge is 0.497 e. The molecule has 124 valence electrons. The number of ether oxygens (including phenoxy) is 2. The topological polar surface area (TPSA) is 67.9 Å². The molecule has 0 saturated heterocycles. The van der Waals surface area contributed by atoms with E-state index in [4.69, 9.17) is 9.47 Å². The molecule has 0 aliphatic carbocycles. The molecule has 0 unspecified atom stereocenters. The van der Waals surface area contributed by atoms with E-state index in [1.807, 2.05) is 6.07 Å². The maximum Gasteiger partial charge on any atom is 0.256 e. The first kappa shape index (κ1) is 15.9. The Hall–Kier alpha value is -3.02. The summed E-state index contributed by atoms with van der Waals surface area (Å²) >= 11 is 0. The summed E-state index contributed by atoms with van der Waals surface area (Å²) in [5.41, 5.74) is 1.83. The molecule has 0 spiro atoms. The number of nitrogens with one attached hydrogen (secondary N) is 1. The smallest absolute Gasteiger partial charge is 0.256 e. The Morgan fingerprint density at radius 3 is 2.62 bits per heavy atom. The molecule has 2 aromatic rings. The zero-order chi connectivity index (χ0) is 17.1. The minimum absolute atomic E-state index is 0.0112. The number of amides is 2. The van der Waals surface area contributed by atoms with E-state index >= 15 is 0 Å². The van der Waals surface area contributed by atoms with Crippen LogP contribution in [-0.4, -0.2) is 37.5 Å². The Kier molecular flexibility index (Phi) is 4.37. The van der Waals surface area contributed by atoms with E-state index in [9.17, 15) is 9.59 Å². The molecule has 24 heavy (non-hydrogen) atoms. The van der Waals surface area contributed by atoms with Gasteiger partial charge in [-0.15, -0.1) is 0 Å². The van der Waals surface area contributed by atoms with Crippen molar-refractivity contribution >= 4 is 17.5 Å². The Morgan fingerprint density at radius 2 is 1.88 bits per heavy atom. The third-order valence-electron chi connectivity index (χ3n) is 3.91. The number of benzene rings is 2. The number of carbonyl (C=O) groups is 2. The van der Waals surface area contributed by atoms with Crippen molar-refractivity contribution in [3.63, 3.8) is 0 Å². The van der Waals surface area contributed by atoms with Crippen molar-refractivity contribution in [3.8, 4) is 11.5 Å². The predicted octanol–water partition coefficient (Wildman–Crippen LogP) is 2.30. The molecule has 2 amide bonds. The SMILES string of the molecule is COc1ccc(CN2CC(=O)Nc3ccccc3C2=O)c(OC)c1. The number of nitrogens with zero attached hydrogens (tertiary/aromatic N) is 1. The van der Waals surface area contributed by atoms with Gasteiger partial charge in [0.05, 0.1) is 32.0 Å². The number of fused-ring (bicyclic) bond motifs is 1. The van der Waals surface area contributed by atoms with Crippen molar-refractivity contribution in [2.45, 2.75) is 6.54 Å². The number of hydrogen-bond acceptors (Lipinski definition) is 4. The van der Waals surface area contributed by atoms with Gasteiger partial charge >= 0.3 is 0 Å². The number of para-hydroxylation sites is 1. The van der Waals surface area contributed by atoms with Crippen LogP contribution in [0.5, 0.6) is 11.5 Å². The van der Waals surface area contributed by atoms with E-state index in [1.165, 1.54) is 4.90 Å². The Labute approximate surface area is 140 Å². The highest BCUT2D eigenvalue weighted by Crippen LogP contribution is 2.27. The van der Waals surface area contributed by atoms with Crippen LogP contribution < -0.4 is 14.8 Å². The van der Waals surface area contributed by atoms with Crippen LogP contribution in [0, 0.1) is 0 Å². The van der Waals surface area contributed by atoms with Crippen LogP contribution in [0.15, 0.2) is 42.5 Å². The Balaban J connectivity index is 1.92. The zero-order valence-electron chi connectivity index (χ0n) is 13.5. The van der Waals surface area contributed by atoms with E-state index in [-0.39, 0.29) is 24.9 Å². The molecule has 0 saturated carbocycles. The lowest BCUT2D eigenvalue weighted by Gasteiger charge is -2.21. The molecular formula is C18H18N2O4. The van der Waals surface area contributed by atoms with E-state index in [1.54, 1.807) is 50.6 Å². The molecule has 6 nitrogen and oxygen atoms in total. The number of rotatable bonds is 4. The molecule has 3 rings (SSSR count). The maximum atomic E-state index is 12.8. The summed E-state index contributed by atoms with van der Waals surface area (Å²) in [7, 11) is 3.14. The fourth-order valence-corrected chi connectivity index (χ4v) is 2.70. The number of methoxy groups -OCH3 is 2. The number of hydrogen-bond donors (Lipinski definition) is 1. The molecule has 1 N–H and O–H groups in total. The van der Waals surface area contributed by atoms with Crippen LogP contribution in [0.4, 0.5) is 5.69 Å². The van der Waals surface area contributed by atoms with Crippen LogP contribution in [-0.2, 0) is 11.3 Å². The Bertz CT molecular complexity index is 788. The van der Waals surface area contributed by atoms with Gasteiger partial charge in [-0.3, -0.25) is 9.59 Å². The molecule has 1 heterocycles. The summed E-state index contributed by atoms with van der Waals surface area (Å²) in [5.74, 6) is 0.864. The van der Waals surface area contributed by atoms with Gasteiger partial charge in [0.15, 0.2) is 0 Å². The zero-order valence-corrected chi connectivity index (χ0v) is 13.5. The summed E-state index contributed by atoms with van der Waals surface area (Å²) in [5, 5.41) is 2.76. The minimum Gasteiger partial charge on any atom is -0.497 e. The fraction of sp³-hybridized carbons (Fsp3) is 0.222. The molecule has 6 heteroatoms. The lowest BCUT2D eigenvalue weighted by Crippen LogP contribution is -2.34. The summed E-state index contributed by atoms with van der Waals surface area (Å²) < 4.78 is 10.6. The molecule has 0 atom stereocenters. The van der Waals surface area contributed by atoms with E-state index in [2.05, 4.69) is 5.32 Å². The molecule has 0 bridgehead atoms. The standard InChI is InChI=1S/C18H18N2O4/c1-23-13-8-7-12(16(9-13)24-2)10-20-11-17(21)19-15-6-4-3-5-14(15)18(20)22/h3-9H,10-11H2,1-2H3,(H,19,21). The van der Waals surface area contributed by atoms with Crippen molar-refractivity contribution in [1.82, 2.24) is 4.90 Å². The maximum absolute atomic E-state index is 12.8. The highest BCUT2D eigenvalue weighted by Gasteiger charge is 2.26. The van der Waals surface area contributed by atoms with Crippen molar-refractivity contribution in [2.24, 2.45) is 0 Å². The van der Waals surface area contributed by atoms with Gasteiger partial charge in [0.1, 0.15) is 18.0 Å². The van der Waals surface area contributed by atoms with Crippen LogP contribution in [0.3, 0.4) is 0 Å². The van der Waals surface area contributed by atoms with Gasteiger partial charge in [0.25, 0.3) is 5.91 Å². The first-order valence-electron chi connectivity index (χ1n) is 7.51. The first-order valence-corrected chi connectivity index (χ1v) is 7.51. The molecular weight excluding hydrogens is 308 g/mol. The van der Waals surface area contributed by atoms with Crippen molar-refractivity contribution in [2.75, 3.05) is 26.1 Å². The van der Waals surface area contributed by atoms with Gasteiger partial charge in [-0.2, -0.15) is 0 Å². The summed E-state index contributed by atoms with van der Waals surface area (Å²) in [6.45, 7) is 0.260. The summed E-state index contributed by atoms with van der Waals surface area (Å²) in [6.07, 6.45) is 0. The van der Waals surface area contributed by atoms with Crippen LogP contribution in [0.2, 0.25) is 0 Å². The monoisotopic (exact) mass is 326 g/mol. The van der Waals surface area contributed by atoms with E-state index in [0.29, 0.717) is 22.7 Å². The van der Waals surface area contributed by atoms with Gasteiger partial charge in [0, 0.05) is 11.6 Å². The first-order chi connectivity index (χ1) is 11.6. The van der Waals surface area contributed by atoms with Crippen LogP contribution >= 0.6 is 0 Å². The van der Waals surface area contributed by atoms with Gasteiger partial charge < -0.3 is 19.7 Å². The molecule has 0 fully saturated rings. The van der Waals surface area contributed by atoms with E-state index in [0.717, 1.165) is 5.56 Å². The minimum atomic E-state index is -0.222. The summed E-state index contributed by atoms with van der Waals surface area (Å²) in [4.78, 5) is 26.4. The predicted molar refractivity (Wildman–Crippen MR) is 89.4 cm³/mol. The average Bonchev–Trinajstić information content (AvgIpc) is 2.72. The van der Waals surface area contributed by atoms with Gasteiger partial charge in [-0.25, -0.2) is 0 Å². The van der Waals surface area contributed by atoms with Crippen molar-refractivity contribution < 1.29 is 19.1 Å². The molecule has 0 radical (unpaired) electrons. The highest BCUT2D eigenvalue weighted by molar-refractivity contribution is 6.08. The highest BCUT2D eigenvalue weighted by atomic mass is 16.5. The quantitative estimate of drug-likeness (QED) is 0.936. The second kappa shape index (κ2) is 6.62. The lowest BCUT2D eigenvalue weighted by molar-refractivity contribution is -0.116. The normalized spacial score (nSPS) is 13.8. The van der Waals surface area contributed by atoms with E-state index < -0.39 is 0 Å².